The van der Waals surface area contributed by atoms with Crippen molar-refractivity contribution in [1.29, 1.82) is 0 Å². The van der Waals surface area contributed by atoms with Crippen molar-refractivity contribution in [2.45, 2.75) is 20.8 Å². The fourth-order valence-corrected chi connectivity index (χ4v) is 2.23. The summed E-state index contributed by atoms with van der Waals surface area (Å²) in [7, 11) is 0. The number of furan rings is 1. The highest BCUT2D eigenvalue weighted by Crippen LogP contribution is 2.30. The first-order valence-electron chi connectivity index (χ1n) is 6.40. The number of aryl methyl sites for hydroxylation is 3. The van der Waals surface area contributed by atoms with E-state index >= 15 is 0 Å². The first-order valence-corrected chi connectivity index (χ1v) is 6.40. The molecule has 3 aromatic heterocycles. The Morgan fingerprint density at radius 1 is 1.20 bits per heavy atom. The van der Waals surface area contributed by atoms with Crippen molar-refractivity contribution in [2.75, 3.05) is 5.73 Å². The van der Waals surface area contributed by atoms with Gasteiger partial charge < -0.3 is 10.2 Å². The van der Waals surface area contributed by atoms with Gasteiger partial charge in [-0.2, -0.15) is 5.10 Å². The summed E-state index contributed by atoms with van der Waals surface area (Å²) in [4.78, 5) is 4.31. The monoisotopic (exact) mass is 268 g/mol. The lowest BCUT2D eigenvalue weighted by atomic mass is 10.1. The van der Waals surface area contributed by atoms with Gasteiger partial charge in [-0.25, -0.2) is 9.67 Å². The van der Waals surface area contributed by atoms with Gasteiger partial charge >= 0.3 is 0 Å². The molecule has 0 aliphatic heterocycles. The van der Waals surface area contributed by atoms with Gasteiger partial charge in [0.2, 0.25) is 0 Å². The van der Waals surface area contributed by atoms with Crippen LogP contribution < -0.4 is 5.73 Å². The van der Waals surface area contributed by atoms with E-state index in [2.05, 4.69) is 10.1 Å². The second-order valence-electron chi connectivity index (χ2n) is 4.90. The second-order valence-corrected chi connectivity index (χ2v) is 4.90. The molecule has 0 spiro atoms. The zero-order valence-electron chi connectivity index (χ0n) is 11.7. The van der Waals surface area contributed by atoms with Crippen LogP contribution in [0, 0.1) is 20.8 Å². The van der Waals surface area contributed by atoms with Gasteiger partial charge in [0.25, 0.3) is 0 Å². The van der Waals surface area contributed by atoms with E-state index in [4.69, 9.17) is 10.2 Å². The van der Waals surface area contributed by atoms with Gasteiger partial charge in [0.1, 0.15) is 17.2 Å². The fourth-order valence-electron chi connectivity index (χ4n) is 2.23. The molecular formula is C15H16N4O. The molecule has 0 saturated carbocycles. The van der Waals surface area contributed by atoms with Crippen molar-refractivity contribution in [3.8, 4) is 17.1 Å². The lowest BCUT2D eigenvalue weighted by Crippen LogP contribution is -1.98. The second kappa shape index (κ2) is 4.52. The molecule has 0 amide bonds. The van der Waals surface area contributed by atoms with Crippen LogP contribution in [0.1, 0.15) is 17.1 Å². The highest BCUT2D eigenvalue weighted by Gasteiger charge is 2.15. The number of rotatable bonds is 2. The van der Waals surface area contributed by atoms with Crippen molar-refractivity contribution < 1.29 is 4.42 Å². The lowest BCUT2D eigenvalue weighted by molar-refractivity contribution is 0.505. The molecule has 102 valence electrons. The molecular weight excluding hydrogens is 252 g/mol. The number of hydrogen-bond acceptors (Lipinski definition) is 4. The lowest BCUT2D eigenvalue weighted by Gasteiger charge is -2.00. The molecule has 0 aliphatic rings. The summed E-state index contributed by atoms with van der Waals surface area (Å²) in [6.45, 7) is 5.83. The Kier molecular flexibility index (Phi) is 2.82. The number of pyridine rings is 1. The van der Waals surface area contributed by atoms with Crippen LogP contribution >= 0.6 is 0 Å². The Hall–Kier alpha value is -2.56. The summed E-state index contributed by atoms with van der Waals surface area (Å²) in [5.41, 5.74) is 9.46. The topological polar surface area (TPSA) is 69.9 Å². The zero-order chi connectivity index (χ0) is 14.3. The quantitative estimate of drug-likeness (QED) is 0.775. The molecule has 0 saturated heterocycles. The summed E-state index contributed by atoms with van der Waals surface area (Å²) in [6, 6.07) is 5.85. The summed E-state index contributed by atoms with van der Waals surface area (Å²) >= 11 is 0. The first kappa shape index (κ1) is 12.5. The van der Waals surface area contributed by atoms with E-state index in [9.17, 15) is 0 Å². The van der Waals surface area contributed by atoms with E-state index in [1.807, 2.05) is 39.0 Å². The summed E-state index contributed by atoms with van der Waals surface area (Å²) in [5.74, 6) is 2.41. The van der Waals surface area contributed by atoms with Crippen LogP contribution in [-0.2, 0) is 0 Å². The number of hydrogen-bond donors (Lipinski definition) is 1. The average Bonchev–Trinajstić information content (AvgIpc) is 2.92. The molecule has 20 heavy (non-hydrogen) atoms. The molecule has 3 rings (SSSR count). The number of nitrogen functional groups attached to an aromatic ring is 1. The Balaban J connectivity index is 2.10. The predicted octanol–water partition coefficient (Wildman–Crippen LogP) is 3.03. The maximum atomic E-state index is 6.07. The molecule has 0 fully saturated rings. The maximum Gasteiger partial charge on any atom is 0.153 e. The third kappa shape index (κ3) is 2.07. The van der Waals surface area contributed by atoms with E-state index in [1.54, 1.807) is 17.1 Å². The maximum absolute atomic E-state index is 6.07. The third-order valence-corrected chi connectivity index (χ3v) is 3.17. The summed E-state index contributed by atoms with van der Waals surface area (Å²) in [6.07, 6.45) is 3.54. The van der Waals surface area contributed by atoms with Gasteiger partial charge in [0.05, 0.1) is 11.9 Å². The molecule has 5 nitrogen and oxygen atoms in total. The van der Waals surface area contributed by atoms with E-state index in [0.717, 1.165) is 34.2 Å². The average molecular weight is 268 g/mol. The molecule has 0 aromatic carbocycles. The van der Waals surface area contributed by atoms with Crippen molar-refractivity contribution in [2.24, 2.45) is 0 Å². The molecule has 3 heterocycles. The van der Waals surface area contributed by atoms with Gasteiger partial charge in [-0.15, -0.1) is 0 Å². The van der Waals surface area contributed by atoms with Crippen LogP contribution in [0.4, 0.5) is 5.69 Å². The fraction of sp³-hybridized carbons (Fsp3) is 0.200. The molecule has 0 unspecified atom stereocenters. The Bertz CT molecular complexity index is 770. The molecule has 5 heteroatoms. The predicted molar refractivity (Wildman–Crippen MR) is 77.7 cm³/mol. The summed E-state index contributed by atoms with van der Waals surface area (Å²) in [5, 5.41) is 4.53. The SMILES string of the molecule is Cc1ccnc(-n2cc(N)c(-c3cc(C)oc3C)n2)c1. The molecule has 2 N–H and O–H groups in total. The van der Waals surface area contributed by atoms with E-state index in [-0.39, 0.29) is 0 Å². The smallest absolute Gasteiger partial charge is 0.153 e. The van der Waals surface area contributed by atoms with Gasteiger partial charge in [0.15, 0.2) is 5.82 Å². The molecule has 0 atom stereocenters. The number of nitrogens with two attached hydrogens (primary N) is 1. The van der Waals surface area contributed by atoms with Gasteiger partial charge in [-0.3, -0.25) is 0 Å². The molecule has 3 aromatic rings. The minimum atomic E-state index is 0.609. The molecule has 0 bridgehead atoms. The Morgan fingerprint density at radius 2 is 2.00 bits per heavy atom. The number of anilines is 1. The van der Waals surface area contributed by atoms with Crippen LogP contribution in [0.25, 0.3) is 17.1 Å². The third-order valence-electron chi connectivity index (χ3n) is 3.17. The highest BCUT2D eigenvalue weighted by atomic mass is 16.3. The minimum absolute atomic E-state index is 0.609. The van der Waals surface area contributed by atoms with E-state index in [0.29, 0.717) is 5.69 Å². The normalized spacial score (nSPS) is 10.9. The van der Waals surface area contributed by atoms with Crippen LogP contribution in [0.5, 0.6) is 0 Å². The van der Waals surface area contributed by atoms with Crippen LogP contribution in [-0.4, -0.2) is 14.8 Å². The largest absolute Gasteiger partial charge is 0.466 e. The van der Waals surface area contributed by atoms with Crippen LogP contribution in [0.15, 0.2) is 35.0 Å². The van der Waals surface area contributed by atoms with Crippen molar-refractivity contribution in [3.05, 3.63) is 47.7 Å². The molecule has 0 aliphatic carbocycles. The van der Waals surface area contributed by atoms with Gasteiger partial charge in [-0.05, 0) is 44.5 Å². The highest BCUT2D eigenvalue weighted by molar-refractivity contribution is 5.74. The molecule has 0 radical (unpaired) electrons. The van der Waals surface area contributed by atoms with E-state index in [1.165, 1.54) is 0 Å². The summed E-state index contributed by atoms with van der Waals surface area (Å²) < 4.78 is 7.23. The van der Waals surface area contributed by atoms with E-state index < -0.39 is 0 Å². The van der Waals surface area contributed by atoms with Crippen LogP contribution in [0.2, 0.25) is 0 Å². The number of nitrogens with zero attached hydrogens (tertiary/aromatic N) is 3. The first-order chi connectivity index (χ1) is 9.54. The standard InChI is InChI=1S/C15H16N4O/c1-9-4-5-17-14(6-9)19-8-13(16)15(18-19)12-7-10(2)20-11(12)3/h4-8H,16H2,1-3H3. The van der Waals surface area contributed by atoms with Gasteiger partial charge in [0, 0.05) is 11.8 Å². The Labute approximate surface area is 117 Å². The van der Waals surface area contributed by atoms with Gasteiger partial charge in [-0.1, -0.05) is 0 Å². The van der Waals surface area contributed by atoms with Crippen molar-refractivity contribution >= 4 is 5.69 Å². The Morgan fingerprint density at radius 3 is 2.65 bits per heavy atom. The van der Waals surface area contributed by atoms with Crippen molar-refractivity contribution in [1.82, 2.24) is 14.8 Å². The van der Waals surface area contributed by atoms with Crippen LogP contribution in [0.3, 0.4) is 0 Å². The zero-order valence-corrected chi connectivity index (χ0v) is 11.7. The van der Waals surface area contributed by atoms with Crippen molar-refractivity contribution in [3.63, 3.8) is 0 Å². The minimum Gasteiger partial charge on any atom is -0.466 e. The number of aromatic nitrogens is 3.